The Morgan fingerprint density at radius 3 is 2.23 bits per heavy atom. The molecule has 3 rings (SSSR count). The first-order valence-corrected chi connectivity index (χ1v) is 7.34. The number of alkyl halides is 3. The van der Waals surface area contributed by atoms with E-state index in [1.807, 2.05) is 5.32 Å². The zero-order valence-electron chi connectivity index (χ0n) is 13.0. The van der Waals surface area contributed by atoms with Gasteiger partial charge in [0.25, 0.3) is 11.8 Å². The normalized spacial score (nSPS) is 19.7. The molecule has 0 saturated heterocycles. The van der Waals surface area contributed by atoms with E-state index in [0.29, 0.717) is 0 Å². The van der Waals surface area contributed by atoms with E-state index in [9.17, 15) is 27.2 Å². The van der Waals surface area contributed by atoms with Crippen molar-refractivity contribution in [1.29, 1.82) is 0 Å². The van der Waals surface area contributed by atoms with Gasteiger partial charge in [-0.15, -0.1) is 0 Å². The molecule has 134 valence electrons. The lowest BCUT2D eigenvalue weighted by molar-refractivity contribution is -0.192. The van der Waals surface area contributed by atoms with Crippen LogP contribution in [0.25, 0.3) is 0 Å². The minimum absolute atomic E-state index is 0.244. The van der Waals surface area contributed by atoms with Crippen LogP contribution in [0, 0.1) is 5.82 Å². The summed E-state index contributed by atoms with van der Waals surface area (Å²) < 4.78 is 53.9. The molecule has 9 heteroatoms. The van der Waals surface area contributed by atoms with Crippen molar-refractivity contribution in [3.05, 3.63) is 71.5 Å². The molecule has 26 heavy (non-hydrogen) atoms. The number of halogens is 4. The zero-order chi connectivity index (χ0) is 18.9. The zero-order valence-corrected chi connectivity index (χ0v) is 13.0. The van der Waals surface area contributed by atoms with Crippen LogP contribution in [0.4, 0.5) is 17.6 Å². The fourth-order valence-corrected chi connectivity index (χ4v) is 2.36. The molecule has 0 spiro atoms. The van der Waals surface area contributed by atoms with Crippen molar-refractivity contribution in [2.75, 3.05) is 0 Å². The van der Waals surface area contributed by atoms with Crippen molar-refractivity contribution < 1.29 is 27.2 Å². The lowest BCUT2D eigenvalue weighted by Gasteiger charge is -2.27. The molecule has 0 unspecified atom stereocenters. The van der Waals surface area contributed by atoms with E-state index in [2.05, 4.69) is 4.99 Å². The number of carbonyl (C=O) groups is 2. The molecule has 2 aromatic rings. The number of hydrogen-bond acceptors (Lipinski definition) is 3. The Morgan fingerprint density at radius 1 is 1.04 bits per heavy atom. The van der Waals surface area contributed by atoms with Crippen LogP contribution >= 0.6 is 0 Å². The van der Waals surface area contributed by atoms with Gasteiger partial charge in [-0.25, -0.2) is 9.38 Å². The molecular weight excluding hydrogens is 354 g/mol. The number of benzene rings is 2. The smallest absolute Gasteiger partial charge is 0.312 e. The number of rotatable bonds is 3. The molecule has 2 aromatic carbocycles. The van der Waals surface area contributed by atoms with Crippen LogP contribution in [-0.4, -0.2) is 29.5 Å². The maximum atomic E-state index is 13.7. The van der Waals surface area contributed by atoms with Crippen LogP contribution in [0.1, 0.15) is 15.9 Å². The molecule has 1 aliphatic heterocycles. The molecular formula is C17H11F4N3O2. The maximum Gasteiger partial charge on any atom is 0.442 e. The Balaban J connectivity index is 2.00. The van der Waals surface area contributed by atoms with Crippen LogP contribution in [0.5, 0.6) is 0 Å². The molecule has 0 aromatic heterocycles. The summed E-state index contributed by atoms with van der Waals surface area (Å²) in [6, 6.07) is 11.6. The third-order valence-corrected chi connectivity index (χ3v) is 3.70. The maximum absolute atomic E-state index is 13.7. The van der Waals surface area contributed by atoms with E-state index in [1.165, 1.54) is 12.1 Å². The summed E-state index contributed by atoms with van der Waals surface area (Å²) in [5.74, 6) is -3.71. The molecule has 0 saturated carbocycles. The first-order chi connectivity index (χ1) is 12.2. The lowest BCUT2D eigenvalue weighted by Crippen LogP contribution is -2.63. The molecule has 2 N–H and O–H groups in total. The molecule has 0 fully saturated rings. The summed E-state index contributed by atoms with van der Waals surface area (Å²) in [6.45, 7) is 0. The van der Waals surface area contributed by atoms with Gasteiger partial charge < -0.3 is 10.6 Å². The van der Waals surface area contributed by atoms with Crippen LogP contribution in [0.15, 0.2) is 59.6 Å². The minimum atomic E-state index is -5.19. The fourth-order valence-electron chi connectivity index (χ4n) is 2.36. The van der Waals surface area contributed by atoms with Gasteiger partial charge >= 0.3 is 11.8 Å². The average Bonchev–Trinajstić information content (AvgIpc) is 2.94. The topological polar surface area (TPSA) is 70.6 Å². The quantitative estimate of drug-likeness (QED) is 0.820. The number of nitrogens with one attached hydrogen (secondary N) is 2. The van der Waals surface area contributed by atoms with Gasteiger partial charge in [-0.1, -0.05) is 30.3 Å². The summed E-state index contributed by atoms with van der Waals surface area (Å²) in [6.07, 6.45) is -5.19. The van der Waals surface area contributed by atoms with E-state index < -0.39 is 29.5 Å². The van der Waals surface area contributed by atoms with Crippen LogP contribution in [0.3, 0.4) is 0 Å². The van der Waals surface area contributed by atoms with Crippen molar-refractivity contribution in [3.8, 4) is 0 Å². The highest BCUT2D eigenvalue weighted by atomic mass is 19.4. The van der Waals surface area contributed by atoms with Crippen LogP contribution in [0.2, 0.25) is 0 Å². The Kier molecular flexibility index (Phi) is 4.23. The van der Waals surface area contributed by atoms with Crippen molar-refractivity contribution >= 4 is 17.6 Å². The number of amides is 2. The second-order valence-electron chi connectivity index (χ2n) is 5.45. The number of amidine groups is 1. The van der Waals surface area contributed by atoms with Gasteiger partial charge in [0.1, 0.15) is 11.7 Å². The second kappa shape index (κ2) is 6.25. The fraction of sp³-hybridized carbons (Fsp3) is 0.118. The van der Waals surface area contributed by atoms with E-state index in [-0.39, 0.29) is 17.0 Å². The van der Waals surface area contributed by atoms with Crippen LogP contribution < -0.4 is 10.6 Å². The summed E-state index contributed by atoms with van der Waals surface area (Å²) in [5, 5.41) is 3.68. The Labute approximate surface area is 144 Å². The highest BCUT2D eigenvalue weighted by molar-refractivity contribution is 6.16. The van der Waals surface area contributed by atoms with Crippen molar-refractivity contribution in [2.45, 2.75) is 11.8 Å². The summed E-state index contributed by atoms with van der Waals surface area (Å²) in [7, 11) is 0. The van der Waals surface area contributed by atoms with Gasteiger partial charge in [0.2, 0.25) is 0 Å². The van der Waals surface area contributed by atoms with Gasteiger partial charge in [0.15, 0.2) is 0 Å². The Morgan fingerprint density at radius 2 is 1.65 bits per heavy atom. The predicted octanol–water partition coefficient (Wildman–Crippen LogP) is 2.39. The molecule has 2 amide bonds. The molecule has 0 bridgehead atoms. The minimum Gasteiger partial charge on any atom is -0.312 e. The van der Waals surface area contributed by atoms with Gasteiger partial charge in [-0.05, 0) is 24.3 Å². The first-order valence-electron chi connectivity index (χ1n) is 7.34. The average molecular weight is 365 g/mol. The number of aliphatic imine (C=N–C) groups is 1. The van der Waals surface area contributed by atoms with Crippen LogP contribution in [-0.2, 0) is 4.79 Å². The second-order valence-corrected chi connectivity index (χ2v) is 5.45. The molecule has 0 aliphatic carbocycles. The Bertz CT molecular complexity index is 879. The Hall–Kier alpha value is -3.23. The predicted molar refractivity (Wildman–Crippen MR) is 83.8 cm³/mol. The summed E-state index contributed by atoms with van der Waals surface area (Å²) in [5.41, 5.74) is -3.46. The third kappa shape index (κ3) is 3.03. The standard InChI is InChI=1S/C17H11F4N3O2/c18-12-8-6-11(7-9-12)14(25)24-16(17(19,20)21)15(26)22-13(23-16)10-4-2-1-3-5-10/h1-9H,(H,24,25)(H,22,23,26)/t16-/m0/s1. The first kappa shape index (κ1) is 17.6. The molecule has 1 atom stereocenters. The van der Waals surface area contributed by atoms with Gasteiger partial charge in [-0.2, -0.15) is 13.2 Å². The van der Waals surface area contributed by atoms with E-state index >= 15 is 0 Å². The highest BCUT2D eigenvalue weighted by Crippen LogP contribution is 2.35. The van der Waals surface area contributed by atoms with Crippen molar-refractivity contribution in [1.82, 2.24) is 10.6 Å². The van der Waals surface area contributed by atoms with Crippen molar-refractivity contribution in [2.24, 2.45) is 4.99 Å². The molecule has 1 heterocycles. The summed E-state index contributed by atoms with van der Waals surface area (Å²) in [4.78, 5) is 27.7. The molecule has 0 radical (unpaired) electrons. The molecule has 5 nitrogen and oxygen atoms in total. The van der Waals surface area contributed by atoms with Gasteiger partial charge in [0, 0.05) is 11.1 Å². The SMILES string of the molecule is O=C(N[C@@]1(C(F)(F)F)N=C(c2ccccc2)NC1=O)c1ccc(F)cc1. The monoisotopic (exact) mass is 365 g/mol. The van der Waals surface area contributed by atoms with E-state index in [4.69, 9.17) is 0 Å². The van der Waals surface area contributed by atoms with Crippen molar-refractivity contribution in [3.63, 3.8) is 0 Å². The van der Waals surface area contributed by atoms with Gasteiger partial charge in [-0.3, -0.25) is 9.59 Å². The molecule has 1 aliphatic rings. The van der Waals surface area contributed by atoms with E-state index in [1.54, 1.807) is 23.5 Å². The van der Waals surface area contributed by atoms with E-state index in [0.717, 1.165) is 24.3 Å². The largest absolute Gasteiger partial charge is 0.442 e. The summed E-state index contributed by atoms with van der Waals surface area (Å²) >= 11 is 0. The van der Waals surface area contributed by atoms with Gasteiger partial charge in [0.05, 0.1) is 0 Å². The highest BCUT2D eigenvalue weighted by Gasteiger charge is 2.65. The number of hydrogen-bond donors (Lipinski definition) is 2. The number of nitrogens with zero attached hydrogens (tertiary/aromatic N) is 1. The third-order valence-electron chi connectivity index (χ3n) is 3.70. The number of carbonyl (C=O) groups excluding carboxylic acids is 2. The lowest BCUT2D eigenvalue weighted by atomic mass is 10.1.